The van der Waals surface area contributed by atoms with Crippen molar-refractivity contribution in [3.63, 3.8) is 0 Å². The maximum atomic E-state index is 6.32. The van der Waals surface area contributed by atoms with Crippen LogP contribution in [0.2, 0.25) is 0 Å². The number of benzene rings is 4. The fourth-order valence-corrected chi connectivity index (χ4v) is 7.62. The van der Waals surface area contributed by atoms with Crippen LogP contribution in [0.15, 0.2) is 155 Å². The smallest absolute Gasteiger partial charge is 0.0635 e. The Balaban J connectivity index is 1.52. The number of nitrogens with two attached hydrogens (primary N) is 1. The van der Waals surface area contributed by atoms with Gasteiger partial charge < -0.3 is 11.1 Å². The van der Waals surface area contributed by atoms with Crippen molar-refractivity contribution in [2.75, 3.05) is 12.4 Å². The van der Waals surface area contributed by atoms with Gasteiger partial charge in [-0.25, -0.2) is 0 Å². The molecular weight excluding hydrogens is 558 g/mol. The van der Waals surface area contributed by atoms with Crippen LogP contribution in [0.5, 0.6) is 0 Å². The summed E-state index contributed by atoms with van der Waals surface area (Å²) in [6.45, 7) is 12.6. The van der Waals surface area contributed by atoms with Gasteiger partial charge in [-0.1, -0.05) is 110 Å². The molecule has 6 rings (SSSR count). The summed E-state index contributed by atoms with van der Waals surface area (Å²) >= 11 is 0. The van der Waals surface area contributed by atoms with Crippen LogP contribution >= 0.6 is 0 Å². The summed E-state index contributed by atoms with van der Waals surface area (Å²) in [7, 11) is 2.00. The predicted octanol–water partition coefficient (Wildman–Crippen LogP) is 10.7. The molecule has 2 aliphatic rings. The van der Waals surface area contributed by atoms with Gasteiger partial charge in [0.15, 0.2) is 0 Å². The van der Waals surface area contributed by atoms with Gasteiger partial charge in [0.2, 0.25) is 0 Å². The number of aliphatic imine (C=N–C) groups is 1. The highest BCUT2D eigenvalue weighted by atomic mass is 14.8. The van der Waals surface area contributed by atoms with Gasteiger partial charge in [-0.05, 0) is 119 Å². The van der Waals surface area contributed by atoms with Gasteiger partial charge in [-0.3, -0.25) is 4.99 Å². The van der Waals surface area contributed by atoms with Gasteiger partial charge in [0.1, 0.15) is 0 Å². The molecule has 0 fully saturated rings. The Hall–Kier alpha value is -5.15. The van der Waals surface area contributed by atoms with Gasteiger partial charge >= 0.3 is 0 Å². The van der Waals surface area contributed by atoms with E-state index in [1.54, 1.807) is 6.20 Å². The molecule has 0 radical (unpaired) electrons. The zero-order valence-corrected chi connectivity index (χ0v) is 27.2. The molecule has 0 aromatic heterocycles. The summed E-state index contributed by atoms with van der Waals surface area (Å²) in [5.41, 5.74) is 18.9. The van der Waals surface area contributed by atoms with Crippen LogP contribution in [0, 0.1) is 0 Å². The quantitative estimate of drug-likeness (QED) is 0.207. The van der Waals surface area contributed by atoms with Crippen LogP contribution in [0.3, 0.4) is 0 Å². The van der Waals surface area contributed by atoms with E-state index in [2.05, 4.69) is 146 Å². The number of anilines is 1. The summed E-state index contributed by atoms with van der Waals surface area (Å²) < 4.78 is 0. The third-order valence-corrected chi connectivity index (χ3v) is 9.92. The molecule has 0 saturated carbocycles. The van der Waals surface area contributed by atoms with Gasteiger partial charge in [-0.15, -0.1) is 0 Å². The van der Waals surface area contributed by atoms with Crippen molar-refractivity contribution in [1.29, 1.82) is 0 Å². The summed E-state index contributed by atoms with van der Waals surface area (Å²) in [5, 5.41) is 5.92. The Bertz CT molecular complexity index is 1970. The Morgan fingerprint density at radius 2 is 1.72 bits per heavy atom. The molecule has 2 aliphatic carbocycles. The first kappa shape index (κ1) is 30.9. The predicted molar refractivity (Wildman–Crippen MR) is 199 cm³/mol. The Morgan fingerprint density at radius 1 is 0.957 bits per heavy atom. The number of nitrogens with zero attached hydrogens (tertiary/aromatic N) is 1. The summed E-state index contributed by atoms with van der Waals surface area (Å²) in [6, 6.07) is 30.7. The molecule has 46 heavy (non-hydrogen) atoms. The first-order chi connectivity index (χ1) is 22.4. The maximum absolute atomic E-state index is 6.32. The number of rotatable bonds is 7. The lowest BCUT2D eigenvalue weighted by Crippen LogP contribution is -2.35. The van der Waals surface area contributed by atoms with Crippen LogP contribution in [0.1, 0.15) is 55.7 Å². The maximum Gasteiger partial charge on any atom is 0.0635 e. The Labute approximate surface area is 274 Å². The normalized spacial score (nSPS) is 21.7. The van der Waals surface area contributed by atoms with Crippen molar-refractivity contribution in [3.8, 4) is 11.1 Å². The number of fused-ring (bicyclic) bond motifs is 1. The molecule has 2 unspecified atom stereocenters. The van der Waals surface area contributed by atoms with E-state index in [4.69, 9.17) is 5.73 Å². The fourth-order valence-electron chi connectivity index (χ4n) is 7.62. The molecule has 0 saturated heterocycles. The van der Waals surface area contributed by atoms with Gasteiger partial charge in [0, 0.05) is 24.0 Å². The fraction of sp³-hybridized carbons (Fsp3) is 0.186. The van der Waals surface area contributed by atoms with Crippen LogP contribution in [-0.2, 0) is 5.41 Å². The average molecular weight is 602 g/mol. The van der Waals surface area contributed by atoms with Crippen molar-refractivity contribution in [2.24, 2.45) is 10.7 Å². The van der Waals surface area contributed by atoms with E-state index in [0.29, 0.717) is 5.92 Å². The van der Waals surface area contributed by atoms with E-state index in [9.17, 15) is 0 Å². The molecule has 0 bridgehead atoms. The largest absolute Gasteiger partial charge is 0.405 e. The van der Waals surface area contributed by atoms with E-state index < -0.39 is 5.41 Å². The third kappa shape index (κ3) is 5.37. The lowest BCUT2D eigenvalue weighted by molar-refractivity contribution is 0.531. The molecule has 3 nitrogen and oxygen atoms in total. The lowest BCUT2D eigenvalue weighted by atomic mass is 9.59. The summed E-state index contributed by atoms with van der Waals surface area (Å²) in [5.74, 6) is 0.360. The molecule has 0 aliphatic heterocycles. The Kier molecular flexibility index (Phi) is 8.76. The highest BCUT2D eigenvalue weighted by molar-refractivity contribution is 6.04. The lowest BCUT2D eigenvalue weighted by Gasteiger charge is -2.43. The third-order valence-electron chi connectivity index (χ3n) is 9.92. The topological polar surface area (TPSA) is 50.4 Å². The monoisotopic (exact) mass is 601 g/mol. The molecular formula is C43H43N3. The standard InChI is InChI=1S/C43H43N3/c1-29-13-9-10-15-36-26-33(21-23-40(36)43(29,30(2)28-44)37-16-7-6-8-17-37)34-19-20-35(25-31(3)45-4)39(27-34)42-38-18-12-11-14-32(38)22-24-41(42)46-5/h6-20,22,24-25,27-28,33,46H,1,4,21,23,26,44H2,2-3,5H3/b13-9-,15-10-,30-28+,31-25-. The van der Waals surface area contributed by atoms with Crippen molar-refractivity contribution in [1.82, 2.24) is 0 Å². The molecule has 0 spiro atoms. The second-order valence-electron chi connectivity index (χ2n) is 12.4. The highest BCUT2D eigenvalue weighted by Gasteiger charge is 2.43. The van der Waals surface area contributed by atoms with Crippen LogP contribution < -0.4 is 11.1 Å². The van der Waals surface area contributed by atoms with Crippen molar-refractivity contribution in [2.45, 2.75) is 44.4 Å². The van der Waals surface area contributed by atoms with E-state index in [1.807, 2.05) is 14.0 Å². The van der Waals surface area contributed by atoms with E-state index in [-0.39, 0.29) is 0 Å². The number of allylic oxidation sites excluding steroid dienone is 9. The molecule has 0 heterocycles. The Morgan fingerprint density at radius 3 is 2.48 bits per heavy atom. The minimum Gasteiger partial charge on any atom is -0.405 e. The first-order valence-electron chi connectivity index (χ1n) is 16.1. The van der Waals surface area contributed by atoms with E-state index >= 15 is 0 Å². The SMILES string of the molecule is C=N/C(C)=C\c1ccc(C2CCC3=C(/C=C\C=C/C(=C)C3(/C(C)=C/N)c3ccccc3)C2)cc1-c1c(NC)ccc2ccccc12. The van der Waals surface area contributed by atoms with Crippen molar-refractivity contribution >= 4 is 29.3 Å². The molecule has 3 heteroatoms. The van der Waals surface area contributed by atoms with Gasteiger partial charge in [0.05, 0.1) is 5.41 Å². The van der Waals surface area contributed by atoms with Gasteiger partial charge in [0.25, 0.3) is 0 Å². The average Bonchev–Trinajstić information content (AvgIpc) is 3.10. The summed E-state index contributed by atoms with van der Waals surface area (Å²) in [6.07, 6.45) is 15.6. The zero-order valence-electron chi connectivity index (χ0n) is 27.2. The van der Waals surface area contributed by atoms with Crippen LogP contribution in [0.25, 0.3) is 28.0 Å². The van der Waals surface area contributed by atoms with Crippen molar-refractivity contribution < 1.29 is 0 Å². The second kappa shape index (κ2) is 13.1. The van der Waals surface area contributed by atoms with E-state index in [1.165, 1.54) is 44.2 Å². The number of hydrogen-bond donors (Lipinski definition) is 2. The van der Waals surface area contributed by atoms with Crippen LogP contribution in [-0.4, -0.2) is 13.8 Å². The van der Waals surface area contributed by atoms with E-state index in [0.717, 1.165) is 47.4 Å². The molecule has 230 valence electrons. The number of nitrogens with one attached hydrogen (secondary N) is 1. The molecule has 0 amide bonds. The zero-order chi connectivity index (χ0) is 32.3. The second-order valence-corrected chi connectivity index (χ2v) is 12.4. The molecule has 2 atom stereocenters. The van der Waals surface area contributed by atoms with Gasteiger partial charge in [-0.2, -0.15) is 0 Å². The van der Waals surface area contributed by atoms with Crippen molar-refractivity contribution in [3.05, 3.63) is 167 Å². The molecule has 3 N–H and O–H groups in total. The van der Waals surface area contributed by atoms with Crippen LogP contribution in [0.4, 0.5) is 5.69 Å². The number of hydrogen-bond acceptors (Lipinski definition) is 3. The summed E-state index contributed by atoms with van der Waals surface area (Å²) in [4.78, 5) is 4.22. The highest BCUT2D eigenvalue weighted by Crippen LogP contribution is 2.53. The first-order valence-corrected chi connectivity index (χ1v) is 16.1. The minimum absolute atomic E-state index is 0.360. The minimum atomic E-state index is -0.475. The molecule has 4 aromatic rings. The molecule has 4 aromatic carbocycles.